The van der Waals surface area contributed by atoms with Crippen molar-refractivity contribution in [3.63, 3.8) is 0 Å². The zero-order chi connectivity index (χ0) is 29.0. The number of hydrogen-bond donors (Lipinski definition) is 1. The van der Waals surface area contributed by atoms with Gasteiger partial charge in [-0.1, -0.05) is 94.1 Å². The van der Waals surface area contributed by atoms with Crippen LogP contribution in [0.25, 0.3) is 50.5 Å². The maximum Gasteiger partial charge on any atom is 0.125 e. The molecule has 1 aliphatic rings. The van der Waals surface area contributed by atoms with Gasteiger partial charge in [-0.05, 0) is 65.3 Å². The van der Waals surface area contributed by atoms with Crippen LogP contribution in [0.15, 0.2) is 85.2 Å². The molecule has 0 unspecified atom stereocenters. The Morgan fingerprint density at radius 2 is 1.49 bits per heavy atom. The van der Waals surface area contributed by atoms with Gasteiger partial charge in [0, 0.05) is 32.8 Å². The van der Waals surface area contributed by atoms with Crippen LogP contribution in [0, 0.1) is 6.20 Å². The van der Waals surface area contributed by atoms with Crippen LogP contribution >= 0.6 is 0 Å². The van der Waals surface area contributed by atoms with Crippen molar-refractivity contribution < 1.29 is 26.2 Å². The summed E-state index contributed by atoms with van der Waals surface area (Å²) in [5, 5.41) is 12.8. The summed E-state index contributed by atoms with van der Waals surface area (Å²) in [6.45, 7) is 8.96. The predicted octanol–water partition coefficient (Wildman–Crippen LogP) is 8.67. The topological polar surface area (TPSA) is 63.8 Å². The first-order chi connectivity index (χ1) is 20.4. The molecule has 0 bridgehead atoms. The third-order valence-corrected chi connectivity index (χ3v) is 8.40. The minimum Gasteiger partial charge on any atom is -0.507 e. The van der Waals surface area contributed by atoms with Crippen molar-refractivity contribution in [3.8, 4) is 45.5 Å². The monoisotopic (exact) mass is 744 g/mol. The fraction of sp³-hybridized carbons (Fsp3) is 0.216. The largest absolute Gasteiger partial charge is 0.507 e. The van der Waals surface area contributed by atoms with Crippen LogP contribution in [-0.2, 0) is 33.9 Å². The number of para-hydroxylation sites is 1. The number of rotatable bonds is 5. The molecule has 0 spiro atoms. The summed E-state index contributed by atoms with van der Waals surface area (Å²) in [7, 11) is 0. The van der Waals surface area contributed by atoms with Crippen molar-refractivity contribution in [1.82, 2.24) is 19.5 Å². The third-order valence-electron chi connectivity index (χ3n) is 8.40. The Morgan fingerprint density at radius 3 is 2.26 bits per heavy atom. The molecule has 0 fully saturated rings. The molecule has 218 valence electrons. The van der Waals surface area contributed by atoms with Gasteiger partial charge in [-0.3, -0.25) is 0 Å². The number of pyridine rings is 2. The van der Waals surface area contributed by atoms with E-state index >= 15 is 0 Å². The van der Waals surface area contributed by atoms with Gasteiger partial charge >= 0.3 is 0 Å². The zero-order valence-electron chi connectivity index (χ0n) is 24.7. The number of aromatic nitrogens is 4. The van der Waals surface area contributed by atoms with E-state index in [0.717, 1.165) is 74.5 Å². The number of aryl methyl sites for hydroxylation is 2. The maximum atomic E-state index is 10.8. The SMILES string of the molecule is CC(C)c1cccc(C(C)C)c1-n1cc(-c2ccc3c(n2)-c2c(O)cccc2CC3)nc1-c1cccc2ccn[c-]c12.[Pt]. The van der Waals surface area contributed by atoms with E-state index in [1.807, 2.05) is 12.1 Å². The third kappa shape index (κ3) is 5.00. The smallest absolute Gasteiger partial charge is 0.125 e. The second kappa shape index (κ2) is 11.5. The van der Waals surface area contributed by atoms with Crippen molar-refractivity contribution in [2.45, 2.75) is 52.4 Å². The zero-order valence-corrected chi connectivity index (χ0v) is 27.0. The fourth-order valence-corrected chi connectivity index (χ4v) is 6.28. The van der Waals surface area contributed by atoms with Crippen LogP contribution in [0.4, 0.5) is 0 Å². The van der Waals surface area contributed by atoms with Crippen molar-refractivity contribution in [2.24, 2.45) is 0 Å². The fourth-order valence-electron chi connectivity index (χ4n) is 6.28. The van der Waals surface area contributed by atoms with Gasteiger partial charge in [-0.25, -0.2) is 9.97 Å². The predicted molar refractivity (Wildman–Crippen MR) is 169 cm³/mol. The summed E-state index contributed by atoms with van der Waals surface area (Å²) in [5.41, 5.74) is 10.2. The quantitative estimate of drug-likeness (QED) is 0.180. The van der Waals surface area contributed by atoms with Crippen LogP contribution < -0.4 is 0 Å². The Morgan fingerprint density at radius 1 is 0.767 bits per heavy atom. The van der Waals surface area contributed by atoms with E-state index in [-0.39, 0.29) is 26.8 Å². The van der Waals surface area contributed by atoms with E-state index in [0.29, 0.717) is 11.8 Å². The minimum absolute atomic E-state index is 0. The molecule has 1 aliphatic carbocycles. The summed E-state index contributed by atoms with van der Waals surface area (Å²) < 4.78 is 2.25. The van der Waals surface area contributed by atoms with Crippen molar-refractivity contribution >= 4 is 10.8 Å². The molecule has 6 heteroatoms. The first-order valence-electron chi connectivity index (χ1n) is 14.7. The van der Waals surface area contributed by atoms with E-state index in [1.165, 1.54) is 11.1 Å². The molecule has 3 aromatic carbocycles. The number of hydrogen-bond acceptors (Lipinski definition) is 4. The second-order valence-electron chi connectivity index (χ2n) is 11.8. The van der Waals surface area contributed by atoms with Gasteiger partial charge in [0.15, 0.2) is 0 Å². The van der Waals surface area contributed by atoms with E-state index in [2.05, 4.69) is 104 Å². The molecule has 0 saturated heterocycles. The van der Waals surface area contributed by atoms with Gasteiger partial charge in [-0.15, -0.1) is 16.8 Å². The molecule has 43 heavy (non-hydrogen) atoms. The van der Waals surface area contributed by atoms with E-state index in [4.69, 9.17) is 9.97 Å². The number of nitrogens with zero attached hydrogens (tertiary/aromatic N) is 4. The van der Waals surface area contributed by atoms with E-state index in [9.17, 15) is 5.11 Å². The molecule has 6 aromatic rings. The molecule has 0 saturated carbocycles. The van der Waals surface area contributed by atoms with Crippen LogP contribution in [0.1, 0.15) is 61.8 Å². The number of aromatic hydroxyl groups is 1. The summed E-state index contributed by atoms with van der Waals surface area (Å²) in [6.07, 6.45) is 8.93. The first-order valence-corrected chi connectivity index (χ1v) is 14.7. The van der Waals surface area contributed by atoms with Crippen LogP contribution in [0.3, 0.4) is 0 Å². The van der Waals surface area contributed by atoms with Gasteiger partial charge in [-0.2, -0.15) is 0 Å². The normalized spacial score (nSPS) is 12.3. The average Bonchev–Trinajstić information content (AvgIpc) is 3.45. The molecule has 0 amide bonds. The summed E-state index contributed by atoms with van der Waals surface area (Å²) in [5.74, 6) is 1.74. The van der Waals surface area contributed by atoms with Gasteiger partial charge in [0.2, 0.25) is 0 Å². The molecule has 0 radical (unpaired) electrons. The number of phenolic OH excluding ortho intramolecular Hbond substituents is 1. The van der Waals surface area contributed by atoms with E-state index in [1.54, 1.807) is 12.3 Å². The molecular formula is C37H33N4OPt-. The molecule has 3 heterocycles. The van der Waals surface area contributed by atoms with Crippen molar-refractivity contribution in [2.75, 3.05) is 0 Å². The number of imidazole rings is 1. The first kappa shape index (κ1) is 29.0. The molecule has 3 aromatic heterocycles. The van der Waals surface area contributed by atoms with Gasteiger partial charge in [0.25, 0.3) is 0 Å². The molecule has 0 aliphatic heterocycles. The Hall–Kier alpha value is -4.08. The van der Waals surface area contributed by atoms with Crippen molar-refractivity contribution in [3.05, 3.63) is 114 Å². The molecule has 5 nitrogen and oxygen atoms in total. The number of fused-ring (bicyclic) bond motifs is 4. The molecule has 0 atom stereocenters. The second-order valence-corrected chi connectivity index (χ2v) is 11.8. The molecular weight excluding hydrogens is 712 g/mol. The maximum absolute atomic E-state index is 10.8. The van der Waals surface area contributed by atoms with Crippen LogP contribution in [0.2, 0.25) is 0 Å². The van der Waals surface area contributed by atoms with Gasteiger partial charge < -0.3 is 14.7 Å². The molecule has 7 rings (SSSR count). The van der Waals surface area contributed by atoms with E-state index < -0.39 is 0 Å². The minimum atomic E-state index is 0. The van der Waals surface area contributed by atoms with Crippen molar-refractivity contribution in [1.29, 1.82) is 0 Å². The number of phenols is 1. The summed E-state index contributed by atoms with van der Waals surface area (Å²) >= 11 is 0. The molecule has 1 N–H and O–H groups in total. The van der Waals surface area contributed by atoms with Gasteiger partial charge in [0.1, 0.15) is 17.3 Å². The Labute approximate surface area is 267 Å². The van der Waals surface area contributed by atoms with Gasteiger partial charge in [0.05, 0.1) is 17.1 Å². The Bertz CT molecular complexity index is 1940. The number of benzene rings is 3. The summed E-state index contributed by atoms with van der Waals surface area (Å²) in [4.78, 5) is 14.8. The Balaban J connectivity index is 0.00000329. The Kier molecular flexibility index (Phi) is 7.79. The van der Waals surface area contributed by atoms with Crippen LogP contribution in [-0.4, -0.2) is 24.6 Å². The average molecular weight is 745 g/mol. The standard InChI is InChI=1S/C37H33N4O.Pt/c1-22(2)27-10-7-11-28(23(3)4)36(27)41-21-32(40-37(41)29-12-5-8-24-18-19-38-20-30(24)29)31-17-16-26-15-14-25-9-6-13-33(42)34(25)35(26)39-31;/h5-13,16-19,21-23,42H,14-15H2,1-4H3;/q-1;. The summed E-state index contributed by atoms with van der Waals surface area (Å²) in [6, 6.07) is 24.8. The van der Waals surface area contributed by atoms with Crippen LogP contribution in [0.5, 0.6) is 5.75 Å².